The predicted octanol–water partition coefficient (Wildman–Crippen LogP) is 1.24. The maximum Gasteiger partial charge on any atom is 0.407 e. The van der Waals surface area contributed by atoms with Gasteiger partial charge in [0, 0.05) is 18.9 Å². The molecule has 0 spiro atoms. The van der Waals surface area contributed by atoms with Gasteiger partial charge in [0.25, 0.3) is 0 Å². The van der Waals surface area contributed by atoms with Crippen molar-refractivity contribution in [3.63, 3.8) is 0 Å². The molecule has 0 aromatic heterocycles. The van der Waals surface area contributed by atoms with Crippen LogP contribution in [0.4, 0.5) is 4.79 Å². The molecular formula is C9H15NO3. The first kappa shape index (κ1) is 10.0. The van der Waals surface area contributed by atoms with Crippen molar-refractivity contribution in [1.82, 2.24) is 5.32 Å². The van der Waals surface area contributed by atoms with Gasteiger partial charge in [0.2, 0.25) is 0 Å². The van der Waals surface area contributed by atoms with Gasteiger partial charge in [-0.25, -0.2) is 4.79 Å². The molecule has 1 aliphatic carbocycles. The number of hydrogen-bond donors (Lipinski definition) is 1. The van der Waals surface area contributed by atoms with Crippen LogP contribution in [0.1, 0.15) is 32.6 Å². The van der Waals surface area contributed by atoms with Crippen LogP contribution in [0.5, 0.6) is 0 Å². The molecule has 0 radical (unpaired) electrons. The third-order valence-electron chi connectivity index (χ3n) is 2.00. The molecule has 74 valence electrons. The van der Waals surface area contributed by atoms with Crippen molar-refractivity contribution >= 4 is 11.9 Å². The maximum atomic E-state index is 11.0. The number of carbonyl (C=O) groups is 2. The Morgan fingerprint density at radius 1 is 1.62 bits per heavy atom. The zero-order valence-electron chi connectivity index (χ0n) is 7.84. The molecule has 0 aromatic carbocycles. The van der Waals surface area contributed by atoms with Crippen LogP contribution < -0.4 is 5.32 Å². The van der Waals surface area contributed by atoms with Gasteiger partial charge >= 0.3 is 6.09 Å². The van der Waals surface area contributed by atoms with E-state index in [1.165, 1.54) is 0 Å². The third kappa shape index (κ3) is 3.44. The minimum absolute atomic E-state index is 0.0154. The van der Waals surface area contributed by atoms with Crippen molar-refractivity contribution < 1.29 is 14.3 Å². The minimum Gasteiger partial charge on any atom is -0.450 e. The molecule has 1 rings (SSSR count). The van der Waals surface area contributed by atoms with Crippen LogP contribution in [-0.2, 0) is 9.53 Å². The molecule has 13 heavy (non-hydrogen) atoms. The molecule has 4 heteroatoms. The highest BCUT2D eigenvalue weighted by Gasteiger charge is 2.27. The number of ketones is 1. The van der Waals surface area contributed by atoms with Gasteiger partial charge in [-0.05, 0) is 6.42 Å². The Kier molecular flexibility index (Phi) is 3.73. The lowest BCUT2D eigenvalue weighted by atomic mass is 9.92. The van der Waals surface area contributed by atoms with Gasteiger partial charge in [-0.1, -0.05) is 13.3 Å². The first-order valence-corrected chi connectivity index (χ1v) is 4.67. The molecule has 1 N–H and O–H groups in total. The summed E-state index contributed by atoms with van der Waals surface area (Å²) in [6, 6.07) is 0.0154. The molecule has 0 unspecified atom stereocenters. The van der Waals surface area contributed by atoms with Crippen molar-refractivity contribution in [1.29, 1.82) is 0 Å². The van der Waals surface area contributed by atoms with Crippen LogP contribution in [0.25, 0.3) is 0 Å². The normalized spacial score (nSPS) is 16.5. The topological polar surface area (TPSA) is 55.4 Å². The molecule has 1 amide bonds. The van der Waals surface area contributed by atoms with E-state index < -0.39 is 6.09 Å². The number of Topliss-reactive ketones (excluding diaryl/α,β-unsaturated/α-hetero) is 1. The summed E-state index contributed by atoms with van der Waals surface area (Å²) >= 11 is 0. The largest absolute Gasteiger partial charge is 0.450 e. The average Bonchev–Trinajstić information content (AvgIpc) is 2.02. The summed E-state index contributed by atoms with van der Waals surface area (Å²) in [4.78, 5) is 21.5. The second kappa shape index (κ2) is 4.84. The molecule has 1 fully saturated rings. The van der Waals surface area contributed by atoms with E-state index in [1.807, 2.05) is 6.92 Å². The molecule has 0 bridgehead atoms. The van der Waals surface area contributed by atoms with Crippen molar-refractivity contribution in [2.75, 3.05) is 6.61 Å². The van der Waals surface area contributed by atoms with E-state index in [1.54, 1.807) is 0 Å². The Labute approximate surface area is 77.6 Å². The van der Waals surface area contributed by atoms with E-state index in [9.17, 15) is 9.59 Å². The predicted molar refractivity (Wildman–Crippen MR) is 47.4 cm³/mol. The van der Waals surface area contributed by atoms with E-state index >= 15 is 0 Å². The summed E-state index contributed by atoms with van der Waals surface area (Å²) in [5.74, 6) is 0.207. The lowest BCUT2D eigenvalue weighted by Crippen LogP contribution is -2.44. The van der Waals surface area contributed by atoms with E-state index in [0.29, 0.717) is 19.4 Å². The molecule has 4 nitrogen and oxygen atoms in total. The van der Waals surface area contributed by atoms with Gasteiger partial charge in [0.05, 0.1) is 6.61 Å². The summed E-state index contributed by atoms with van der Waals surface area (Å²) in [7, 11) is 0. The van der Waals surface area contributed by atoms with Gasteiger partial charge in [0.1, 0.15) is 5.78 Å². The number of amides is 1. The van der Waals surface area contributed by atoms with Crippen molar-refractivity contribution in [2.45, 2.75) is 38.6 Å². The monoisotopic (exact) mass is 185 g/mol. The van der Waals surface area contributed by atoms with Crippen molar-refractivity contribution in [3.8, 4) is 0 Å². The fraction of sp³-hybridized carbons (Fsp3) is 0.778. The highest BCUT2D eigenvalue weighted by Crippen LogP contribution is 2.13. The molecule has 0 aliphatic heterocycles. The Bertz CT molecular complexity index is 195. The third-order valence-corrected chi connectivity index (χ3v) is 2.00. The van der Waals surface area contributed by atoms with Crippen LogP contribution in [0, 0.1) is 0 Å². The molecular weight excluding hydrogens is 170 g/mol. The molecule has 0 heterocycles. The fourth-order valence-electron chi connectivity index (χ4n) is 1.11. The zero-order valence-corrected chi connectivity index (χ0v) is 7.84. The second-order valence-electron chi connectivity index (χ2n) is 3.28. The SMILES string of the molecule is CCCCOC(=O)NC1CC(=O)C1. The summed E-state index contributed by atoms with van der Waals surface area (Å²) in [5.41, 5.74) is 0. The highest BCUT2D eigenvalue weighted by molar-refractivity contribution is 5.87. The number of alkyl carbamates (subject to hydrolysis) is 1. The molecule has 1 saturated carbocycles. The van der Waals surface area contributed by atoms with Crippen LogP contribution >= 0.6 is 0 Å². The van der Waals surface area contributed by atoms with Crippen LogP contribution in [-0.4, -0.2) is 24.5 Å². The van der Waals surface area contributed by atoms with Crippen LogP contribution in [0.2, 0.25) is 0 Å². The van der Waals surface area contributed by atoms with E-state index in [2.05, 4.69) is 5.32 Å². The number of ether oxygens (including phenoxy) is 1. The van der Waals surface area contributed by atoms with Crippen molar-refractivity contribution in [2.24, 2.45) is 0 Å². The van der Waals surface area contributed by atoms with Gasteiger partial charge < -0.3 is 10.1 Å². The van der Waals surface area contributed by atoms with Gasteiger partial charge in [-0.3, -0.25) is 4.79 Å². The number of hydrogen-bond acceptors (Lipinski definition) is 3. The Morgan fingerprint density at radius 3 is 2.85 bits per heavy atom. The Morgan fingerprint density at radius 2 is 2.31 bits per heavy atom. The zero-order chi connectivity index (χ0) is 9.68. The van der Waals surface area contributed by atoms with Gasteiger partial charge in [-0.2, -0.15) is 0 Å². The lowest BCUT2D eigenvalue weighted by molar-refractivity contribution is -0.124. The number of carbonyl (C=O) groups excluding carboxylic acids is 2. The summed E-state index contributed by atoms with van der Waals surface area (Å²) in [6.45, 7) is 2.49. The van der Waals surface area contributed by atoms with E-state index in [4.69, 9.17) is 4.74 Å². The average molecular weight is 185 g/mol. The number of nitrogens with one attached hydrogen (secondary N) is 1. The van der Waals surface area contributed by atoms with Crippen LogP contribution in [0.15, 0.2) is 0 Å². The van der Waals surface area contributed by atoms with Gasteiger partial charge in [0.15, 0.2) is 0 Å². The lowest BCUT2D eigenvalue weighted by Gasteiger charge is -2.24. The van der Waals surface area contributed by atoms with Crippen molar-refractivity contribution in [3.05, 3.63) is 0 Å². The smallest absolute Gasteiger partial charge is 0.407 e. The number of unbranched alkanes of at least 4 members (excludes halogenated alkanes) is 1. The van der Waals surface area contributed by atoms with Gasteiger partial charge in [-0.15, -0.1) is 0 Å². The quantitative estimate of drug-likeness (QED) is 0.670. The summed E-state index contributed by atoms with van der Waals surface area (Å²) in [5, 5.41) is 2.62. The first-order valence-electron chi connectivity index (χ1n) is 4.67. The standard InChI is InChI=1S/C9H15NO3/c1-2-3-4-13-9(12)10-7-5-8(11)6-7/h7H,2-6H2,1H3,(H,10,12). The Balaban J connectivity index is 2.01. The Hall–Kier alpha value is -1.06. The number of rotatable bonds is 4. The maximum absolute atomic E-state index is 11.0. The minimum atomic E-state index is -0.397. The first-order chi connectivity index (χ1) is 6.22. The van der Waals surface area contributed by atoms with Crippen LogP contribution in [0.3, 0.4) is 0 Å². The molecule has 0 aromatic rings. The molecule has 0 atom stereocenters. The van der Waals surface area contributed by atoms with E-state index in [-0.39, 0.29) is 11.8 Å². The van der Waals surface area contributed by atoms with E-state index in [0.717, 1.165) is 12.8 Å². The fourth-order valence-corrected chi connectivity index (χ4v) is 1.11. The second-order valence-corrected chi connectivity index (χ2v) is 3.28. The summed E-state index contributed by atoms with van der Waals surface area (Å²) in [6.07, 6.45) is 2.42. The summed E-state index contributed by atoms with van der Waals surface area (Å²) < 4.78 is 4.86. The highest BCUT2D eigenvalue weighted by atomic mass is 16.5. The molecule has 0 saturated heterocycles. The molecule has 1 aliphatic rings.